The quantitative estimate of drug-likeness (QED) is 0.561. The fourth-order valence-corrected chi connectivity index (χ4v) is 5.23. The van der Waals surface area contributed by atoms with Crippen LogP contribution >= 0.6 is 11.3 Å². The summed E-state index contributed by atoms with van der Waals surface area (Å²) in [5.41, 5.74) is 2.44. The Bertz CT molecular complexity index is 1100. The molecule has 0 saturated carbocycles. The first-order valence-electron chi connectivity index (χ1n) is 9.85. The van der Waals surface area contributed by atoms with E-state index in [1.54, 1.807) is 4.52 Å². The van der Waals surface area contributed by atoms with Crippen molar-refractivity contribution in [3.05, 3.63) is 76.9 Å². The van der Waals surface area contributed by atoms with Crippen LogP contribution in [0.15, 0.2) is 60.7 Å². The highest BCUT2D eigenvalue weighted by molar-refractivity contribution is 7.17. The molecule has 148 valence electrons. The molecular weight excluding hydrogens is 382 g/mol. The van der Waals surface area contributed by atoms with Gasteiger partial charge >= 0.3 is 0 Å². The summed E-state index contributed by atoms with van der Waals surface area (Å²) in [7, 11) is 0. The zero-order chi connectivity index (χ0) is 19.8. The van der Waals surface area contributed by atoms with Gasteiger partial charge in [-0.25, -0.2) is 4.98 Å². The number of anilines is 1. The fraction of sp³-hybridized carbons (Fsp3) is 0.273. The van der Waals surface area contributed by atoms with Crippen molar-refractivity contribution in [2.24, 2.45) is 0 Å². The second kappa shape index (κ2) is 7.50. The highest BCUT2D eigenvalue weighted by atomic mass is 32.1. The Morgan fingerprint density at radius 3 is 2.24 bits per heavy atom. The third-order valence-electron chi connectivity index (χ3n) is 5.47. The Morgan fingerprint density at radius 2 is 1.59 bits per heavy atom. The molecule has 0 bridgehead atoms. The minimum atomic E-state index is -0.0112. The van der Waals surface area contributed by atoms with Crippen molar-refractivity contribution in [2.75, 3.05) is 31.1 Å². The number of aryl methyl sites for hydroxylation is 1. The molecule has 0 amide bonds. The van der Waals surface area contributed by atoms with Crippen LogP contribution in [0.4, 0.5) is 5.69 Å². The van der Waals surface area contributed by atoms with Crippen LogP contribution in [0.1, 0.15) is 22.3 Å². The first-order valence-corrected chi connectivity index (χ1v) is 10.7. The molecule has 5 rings (SSSR count). The molecule has 0 aliphatic carbocycles. The topological polar surface area (TPSA) is 56.9 Å². The second-order valence-electron chi connectivity index (χ2n) is 7.32. The minimum Gasteiger partial charge on any atom is -0.492 e. The average Bonchev–Trinajstić information content (AvgIpc) is 3.27. The van der Waals surface area contributed by atoms with Crippen LogP contribution in [-0.4, -0.2) is 50.8 Å². The summed E-state index contributed by atoms with van der Waals surface area (Å²) < 4.78 is 1.56. The summed E-state index contributed by atoms with van der Waals surface area (Å²) in [6.45, 7) is 5.58. The molecule has 1 N–H and O–H groups in total. The molecule has 29 heavy (non-hydrogen) atoms. The first kappa shape index (κ1) is 18.1. The molecule has 2 aromatic heterocycles. The molecule has 7 heteroatoms. The molecule has 6 nitrogen and oxygen atoms in total. The molecule has 1 aliphatic rings. The zero-order valence-electron chi connectivity index (χ0n) is 16.3. The van der Waals surface area contributed by atoms with Crippen molar-refractivity contribution in [1.82, 2.24) is 19.5 Å². The highest BCUT2D eigenvalue weighted by Gasteiger charge is 2.31. The number of hydrogen-bond donors (Lipinski definition) is 1. The number of thiazole rings is 1. The van der Waals surface area contributed by atoms with Crippen LogP contribution in [0, 0.1) is 6.92 Å². The highest BCUT2D eigenvalue weighted by Crippen LogP contribution is 2.40. The standard InChI is InChI=1S/C22H23N5OS/c1-16-23-22-27(24-16)21(28)20(29-22)19(17-8-4-2-5-9-17)26-14-12-25(13-15-26)18-10-6-3-7-11-18/h2-11,19,28H,12-15H2,1H3/t19-/m0/s1. The Morgan fingerprint density at radius 1 is 0.931 bits per heavy atom. The van der Waals surface area contributed by atoms with Crippen LogP contribution in [0.2, 0.25) is 0 Å². The van der Waals surface area contributed by atoms with E-state index in [0.29, 0.717) is 5.82 Å². The lowest BCUT2D eigenvalue weighted by atomic mass is 10.0. The van der Waals surface area contributed by atoms with Gasteiger partial charge in [0.05, 0.1) is 10.9 Å². The predicted octanol–water partition coefficient (Wildman–Crippen LogP) is 3.72. The van der Waals surface area contributed by atoms with E-state index in [0.717, 1.165) is 36.0 Å². The van der Waals surface area contributed by atoms with Crippen molar-refractivity contribution in [2.45, 2.75) is 13.0 Å². The van der Waals surface area contributed by atoms with Crippen molar-refractivity contribution in [3.8, 4) is 5.88 Å². The van der Waals surface area contributed by atoms with Gasteiger partial charge in [-0.15, -0.1) is 5.10 Å². The second-order valence-corrected chi connectivity index (χ2v) is 8.32. The number of rotatable bonds is 4. The molecule has 1 atom stereocenters. The van der Waals surface area contributed by atoms with Gasteiger partial charge in [-0.2, -0.15) is 4.52 Å². The van der Waals surface area contributed by atoms with Crippen molar-refractivity contribution in [3.63, 3.8) is 0 Å². The molecule has 3 heterocycles. The van der Waals surface area contributed by atoms with Crippen molar-refractivity contribution in [1.29, 1.82) is 0 Å². The van der Waals surface area contributed by atoms with Gasteiger partial charge in [-0.1, -0.05) is 59.9 Å². The van der Waals surface area contributed by atoms with E-state index < -0.39 is 0 Å². The first-order chi connectivity index (χ1) is 14.2. The van der Waals surface area contributed by atoms with E-state index in [1.807, 2.05) is 13.0 Å². The van der Waals surface area contributed by atoms with Gasteiger partial charge in [0.2, 0.25) is 10.8 Å². The number of para-hydroxylation sites is 1. The predicted molar refractivity (Wildman–Crippen MR) is 116 cm³/mol. The summed E-state index contributed by atoms with van der Waals surface area (Å²) in [5.74, 6) is 0.871. The Balaban J connectivity index is 1.47. The number of nitrogens with zero attached hydrogens (tertiary/aromatic N) is 5. The van der Waals surface area contributed by atoms with E-state index >= 15 is 0 Å². The third kappa shape index (κ3) is 3.36. The van der Waals surface area contributed by atoms with Crippen LogP contribution in [-0.2, 0) is 0 Å². The normalized spacial score (nSPS) is 16.4. The van der Waals surface area contributed by atoms with E-state index in [1.165, 1.54) is 22.6 Å². The summed E-state index contributed by atoms with van der Waals surface area (Å²) in [5, 5.41) is 15.3. The number of aromatic nitrogens is 3. The lowest BCUT2D eigenvalue weighted by Crippen LogP contribution is -2.47. The maximum atomic E-state index is 10.9. The van der Waals surface area contributed by atoms with E-state index in [4.69, 9.17) is 0 Å². The molecule has 1 saturated heterocycles. The molecule has 1 fully saturated rings. The number of aromatic hydroxyl groups is 1. The molecular formula is C22H23N5OS. The van der Waals surface area contributed by atoms with Crippen molar-refractivity contribution >= 4 is 22.0 Å². The third-order valence-corrected chi connectivity index (χ3v) is 6.54. The molecule has 0 radical (unpaired) electrons. The lowest BCUT2D eigenvalue weighted by molar-refractivity contribution is 0.211. The Labute approximate surface area is 173 Å². The lowest BCUT2D eigenvalue weighted by Gasteiger charge is -2.40. The maximum Gasteiger partial charge on any atom is 0.230 e. The summed E-state index contributed by atoms with van der Waals surface area (Å²) >= 11 is 1.52. The van der Waals surface area contributed by atoms with Crippen LogP contribution in [0.3, 0.4) is 0 Å². The monoisotopic (exact) mass is 405 g/mol. The van der Waals surface area contributed by atoms with Gasteiger partial charge < -0.3 is 10.0 Å². The van der Waals surface area contributed by atoms with Gasteiger partial charge in [0, 0.05) is 31.9 Å². The number of piperazine rings is 1. The van der Waals surface area contributed by atoms with Crippen molar-refractivity contribution < 1.29 is 5.11 Å². The number of fused-ring (bicyclic) bond motifs is 1. The summed E-state index contributed by atoms with van der Waals surface area (Å²) in [6, 6.07) is 21.0. The zero-order valence-corrected chi connectivity index (χ0v) is 17.1. The number of hydrogen-bond acceptors (Lipinski definition) is 6. The fourth-order valence-electron chi connectivity index (χ4n) is 4.07. The smallest absolute Gasteiger partial charge is 0.230 e. The maximum absolute atomic E-state index is 10.9. The Kier molecular flexibility index (Phi) is 4.69. The number of benzene rings is 2. The van der Waals surface area contributed by atoms with Crippen LogP contribution in [0.5, 0.6) is 5.88 Å². The largest absolute Gasteiger partial charge is 0.492 e. The van der Waals surface area contributed by atoms with Gasteiger partial charge in [0.1, 0.15) is 5.82 Å². The van der Waals surface area contributed by atoms with Crippen LogP contribution in [0.25, 0.3) is 4.96 Å². The molecule has 0 spiro atoms. The Hall–Kier alpha value is -2.90. The van der Waals surface area contributed by atoms with Gasteiger partial charge in [0.15, 0.2) is 0 Å². The SMILES string of the molecule is Cc1nc2sc([C@H](c3ccccc3)N3CCN(c4ccccc4)CC3)c(O)n2n1. The van der Waals surface area contributed by atoms with Gasteiger partial charge in [0.25, 0.3) is 0 Å². The average molecular weight is 406 g/mol. The van der Waals surface area contributed by atoms with Gasteiger partial charge in [-0.3, -0.25) is 4.90 Å². The summed E-state index contributed by atoms with van der Waals surface area (Å²) in [6.07, 6.45) is 0. The van der Waals surface area contributed by atoms with E-state index in [2.05, 4.69) is 74.5 Å². The van der Waals surface area contributed by atoms with Crippen LogP contribution < -0.4 is 4.90 Å². The van der Waals surface area contributed by atoms with E-state index in [9.17, 15) is 5.11 Å². The van der Waals surface area contributed by atoms with Gasteiger partial charge in [-0.05, 0) is 24.6 Å². The molecule has 4 aromatic rings. The minimum absolute atomic E-state index is 0.0112. The molecule has 0 unspecified atom stereocenters. The molecule has 1 aliphatic heterocycles. The van der Waals surface area contributed by atoms with E-state index in [-0.39, 0.29) is 11.9 Å². The summed E-state index contributed by atoms with van der Waals surface area (Å²) in [4.78, 5) is 11.0. The molecule has 2 aromatic carbocycles.